The number of nitrogens with two attached hydrogens (primary N) is 1. The summed E-state index contributed by atoms with van der Waals surface area (Å²) >= 11 is 0. The Bertz CT molecular complexity index is 1380. The van der Waals surface area contributed by atoms with Gasteiger partial charge >= 0.3 is 0 Å². The predicted molar refractivity (Wildman–Crippen MR) is 161 cm³/mol. The average molecular weight is 576 g/mol. The molecule has 4 aromatic rings. The van der Waals surface area contributed by atoms with Crippen LogP contribution >= 0.6 is 0 Å². The molecule has 5 atom stereocenters. The summed E-state index contributed by atoms with van der Waals surface area (Å²) in [6.45, 7) is 5.29. The fraction of sp³-hybridized carbons (Fsp3) is 0.452. The molecule has 42 heavy (non-hydrogen) atoms. The first-order chi connectivity index (χ1) is 20.4. The van der Waals surface area contributed by atoms with Crippen molar-refractivity contribution < 1.29 is 19.7 Å². The first kappa shape index (κ1) is 30.0. The number of aromatic nitrogens is 4. The molecule has 1 aliphatic heterocycles. The van der Waals surface area contributed by atoms with Gasteiger partial charge in [-0.05, 0) is 24.1 Å². The fourth-order valence-electron chi connectivity index (χ4n) is 5.51. The number of nitrogens with zero attached hydrogens (tertiary/aromatic N) is 4. The standard InChI is InChI=1S/C31H41N7O4/c1-19(2)35-23(14-15-32)28-36-29(33-16-22(20-10-6-4-7-11-20)21-12-8-5-9-13-21)25-30(37-28)38(18-34-25)31-27(40)26(39)24(42-31)17-41-3/h4-13,18-19,22-24,26-27,31,35,39-40H,14-17,32H2,1-3H3,(H,33,36,37)/t23?,24-,26-,27-,31-/m1/s1. The van der Waals surface area contributed by atoms with Crippen LogP contribution in [0.4, 0.5) is 5.82 Å². The van der Waals surface area contributed by atoms with E-state index in [2.05, 4.69) is 53.7 Å². The molecule has 0 saturated carbocycles. The van der Waals surface area contributed by atoms with E-state index in [1.807, 2.05) is 36.4 Å². The molecule has 2 aromatic heterocycles. The molecular weight excluding hydrogens is 534 g/mol. The van der Waals surface area contributed by atoms with Crippen LogP contribution in [-0.4, -0.2) is 80.9 Å². The molecule has 0 radical (unpaired) electrons. The highest BCUT2D eigenvalue weighted by molar-refractivity contribution is 5.83. The van der Waals surface area contributed by atoms with Crippen LogP contribution < -0.4 is 16.4 Å². The van der Waals surface area contributed by atoms with E-state index in [1.54, 1.807) is 10.9 Å². The van der Waals surface area contributed by atoms with Gasteiger partial charge in [0.25, 0.3) is 0 Å². The van der Waals surface area contributed by atoms with Crippen molar-refractivity contribution in [2.24, 2.45) is 5.73 Å². The summed E-state index contributed by atoms with van der Waals surface area (Å²) in [5, 5.41) is 28.6. The number of imidazole rings is 1. The molecular formula is C31H41N7O4. The molecule has 1 saturated heterocycles. The van der Waals surface area contributed by atoms with Gasteiger partial charge < -0.3 is 36.1 Å². The van der Waals surface area contributed by atoms with Crippen LogP contribution in [0.5, 0.6) is 0 Å². The zero-order chi connectivity index (χ0) is 29.6. The van der Waals surface area contributed by atoms with Crippen LogP contribution in [0, 0.1) is 0 Å². The van der Waals surface area contributed by atoms with E-state index in [-0.39, 0.29) is 24.6 Å². The van der Waals surface area contributed by atoms with Crippen molar-refractivity contribution in [2.75, 3.05) is 32.1 Å². The van der Waals surface area contributed by atoms with Crippen molar-refractivity contribution in [3.8, 4) is 0 Å². The Morgan fingerprint density at radius 1 is 1.00 bits per heavy atom. The summed E-state index contributed by atoms with van der Waals surface area (Å²) in [4.78, 5) is 14.5. The largest absolute Gasteiger partial charge is 0.387 e. The highest BCUT2D eigenvalue weighted by Crippen LogP contribution is 2.34. The molecule has 11 heteroatoms. The summed E-state index contributed by atoms with van der Waals surface area (Å²) in [6.07, 6.45) is -1.68. The Balaban J connectivity index is 1.55. The monoisotopic (exact) mass is 575 g/mol. The topological polar surface area (TPSA) is 153 Å². The van der Waals surface area contributed by atoms with Crippen molar-refractivity contribution in [3.63, 3.8) is 0 Å². The lowest BCUT2D eigenvalue weighted by atomic mass is 9.91. The van der Waals surface area contributed by atoms with Crippen LogP contribution in [-0.2, 0) is 9.47 Å². The van der Waals surface area contributed by atoms with Gasteiger partial charge in [0.05, 0.1) is 19.0 Å². The molecule has 0 amide bonds. The minimum absolute atomic E-state index is 0.0570. The van der Waals surface area contributed by atoms with E-state index in [4.69, 9.17) is 25.2 Å². The van der Waals surface area contributed by atoms with Crippen LogP contribution in [0.3, 0.4) is 0 Å². The summed E-state index contributed by atoms with van der Waals surface area (Å²) in [6, 6.07) is 20.7. The number of ether oxygens (including phenoxy) is 2. The molecule has 11 nitrogen and oxygen atoms in total. The Labute approximate surface area is 246 Å². The van der Waals surface area contributed by atoms with E-state index in [0.29, 0.717) is 42.3 Å². The number of anilines is 1. The molecule has 5 rings (SSSR count). The van der Waals surface area contributed by atoms with Gasteiger partial charge in [0.2, 0.25) is 0 Å². The minimum Gasteiger partial charge on any atom is -0.387 e. The maximum absolute atomic E-state index is 10.9. The molecule has 1 fully saturated rings. The first-order valence-corrected chi connectivity index (χ1v) is 14.5. The first-order valence-electron chi connectivity index (χ1n) is 14.5. The Hall–Kier alpha value is -3.45. The van der Waals surface area contributed by atoms with Gasteiger partial charge in [-0.25, -0.2) is 15.0 Å². The Morgan fingerprint density at radius 2 is 1.67 bits per heavy atom. The van der Waals surface area contributed by atoms with Crippen LogP contribution in [0.25, 0.3) is 11.2 Å². The quantitative estimate of drug-likeness (QED) is 0.161. The number of aliphatic hydroxyl groups is 2. The SMILES string of the molecule is COC[C@H]1O[C@@H](n2cnc3c(NCC(c4ccccc4)c4ccccc4)nc(C(CCN)NC(C)C)nc32)[C@H](O)[C@@H]1O. The molecule has 6 N–H and O–H groups in total. The zero-order valence-corrected chi connectivity index (χ0v) is 24.3. The lowest BCUT2D eigenvalue weighted by Gasteiger charge is -2.23. The van der Waals surface area contributed by atoms with Gasteiger partial charge in [-0.1, -0.05) is 74.5 Å². The van der Waals surface area contributed by atoms with Crippen molar-refractivity contribution in [1.82, 2.24) is 24.8 Å². The van der Waals surface area contributed by atoms with Crippen molar-refractivity contribution in [3.05, 3.63) is 83.9 Å². The third-order valence-corrected chi connectivity index (χ3v) is 7.56. The van der Waals surface area contributed by atoms with Crippen molar-refractivity contribution in [2.45, 2.75) is 62.8 Å². The number of benzene rings is 2. The fourth-order valence-corrected chi connectivity index (χ4v) is 5.51. The second kappa shape index (κ2) is 13.7. The van der Waals surface area contributed by atoms with Gasteiger partial charge in [0, 0.05) is 25.6 Å². The van der Waals surface area contributed by atoms with Crippen LogP contribution in [0.1, 0.15) is 55.4 Å². The van der Waals surface area contributed by atoms with Crippen molar-refractivity contribution >= 4 is 17.0 Å². The second-order valence-electron chi connectivity index (χ2n) is 11.0. The van der Waals surface area contributed by atoms with Crippen molar-refractivity contribution in [1.29, 1.82) is 0 Å². The summed E-state index contributed by atoms with van der Waals surface area (Å²) in [5.74, 6) is 1.18. The maximum Gasteiger partial charge on any atom is 0.168 e. The van der Waals surface area contributed by atoms with Gasteiger partial charge in [-0.3, -0.25) is 4.57 Å². The van der Waals surface area contributed by atoms with Gasteiger partial charge in [-0.2, -0.15) is 0 Å². The number of fused-ring (bicyclic) bond motifs is 1. The summed E-state index contributed by atoms with van der Waals surface area (Å²) in [5.41, 5.74) is 9.36. The normalized spacial score (nSPS) is 21.4. The third kappa shape index (κ3) is 6.46. The molecule has 224 valence electrons. The lowest BCUT2D eigenvalue weighted by molar-refractivity contribution is -0.0580. The maximum atomic E-state index is 10.9. The number of aliphatic hydroxyl groups excluding tert-OH is 2. The molecule has 0 aliphatic carbocycles. The smallest absolute Gasteiger partial charge is 0.168 e. The van der Waals surface area contributed by atoms with E-state index in [9.17, 15) is 10.2 Å². The van der Waals surface area contributed by atoms with E-state index < -0.39 is 24.5 Å². The van der Waals surface area contributed by atoms with E-state index >= 15 is 0 Å². The van der Waals surface area contributed by atoms with E-state index in [1.165, 1.54) is 18.2 Å². The molecule has 0 spiro atoms. The van der Waals surface area contributed by atoms with Crippen LogP contribution in [0.15, 0.2) is 67.0 Å². The van der Waals surface area contributed by atoms with Gasteiger partial charge in [0.15, 0.2) is 23.2 Å². The number of methoxy groups -OCH3 is 1. The van der Waals surface area contributed by atoms with Crippen LogP contribution in [0.2, 0.25) is 0 Å². The number of rotatable bonds is 13. The molecule has 1 unspecified atom stereocenters. The van der Waals surface area contributed by atoms with Gasteiger partial charge in [-0.15, -0.1) is 0 Å². The molecule has 3 heterocycles. The Morgan fingerprint density at radius 3 is 2.26 bits per heavy atom. The molecule has 2 aromatic carbocycles. The predicted octanol–water partition coefficient (Wildman–Crippen LogP) is 2.72. The molecule has 0 bridgehead atoms. The highest BCUT2D eigenvalue weighted by atomic mass is 16.6. The third-order valence-electron chi connectivity index (χ3n) is 7.56. The highest BCUT2D eigenvalue weighted by Gasteiger charge is 2.44. The molecule has 1 aliphatic rings. The Kier molecular flexibility index (Phi) is 9.78. The number of nitrogens with one attached hydrogen (secondary N) is 2. The zero-order valence-electron chi connectivity index (χ0n) is 24.3. The second-order valence-corrected chi connectivity index (χ2v) is 11.0. The summed E-state index contributed by atoms with van der Waals surface area (Å²) < 4.78 is 12.9. The number of hydrogen-bond donors (Lipinski definition) is 5. The lowest BCUT2D eigenvalue weighted by Crippen LogP contribution is -2.33. The van der Waals surface area contributed by atoms with Gasteiger partial charge in [0.1, 0.15) is 24.1 Å². The minimum atomic E-state index is -1.19. The number of hydrogen-bond acceptors (Lipinski definition) is 10. The summed E-state index contributed by atoms with van der Waals surface area (Å²) in [7, 11) is 1.53. The van der Waals surface area contributed by atoms with E-state index in [0.717, 1.165) is 0 Å². The average Bonchev–Trinajstić information content (AvgIpc) is 3.54.